The topological polar surface area (TPSA) is 171 Å². The smallest absolute Gasteiger partial charge is 0.333 e. The first-order valence-electron chi connectivity index (χ1n) is 8.66. The van der Waals surface area contributed by atoms with Crippen molar-refractivity contribution in [3.63, 3.8) is 0 Å². The highest BCUT2D eigenvalue weighted by Gasteiger charge is 2.39. The first-order chi connectivity index (χ1) is 13.4. The van der Waals surface area contributed by atoms with Crippen molar-refractivity contribution in [3.8, 4) is 0 Å². The van der Waals surface area contributed by atoms with Crippen LogP contribution in [-0.4, -0.2) is 77.3 Å². The van der Waals surface area contributed by atoms with Gasteiger partial charge in [-0.25, -0.2) is 9.59 Å². The quantitative estimate of drug-likeness (QED) is 0.101. The summed E-state index contributed by atoms with van der Waals surface area (Å²) in [5.74, 6) is -2.86. The van der Waals surface area contributed by atoms with Crippen LogP contribution < -0.4 is 10.6 Å². The molecule has 0 spiro atoms. The molecule has 0 aromatic rings. The Morgan fingerprint density at radius 1 is 0.862 bits per heavy atom. The summed E-state index contributed by atoms with van der Waals surface area (Å²) in [5, 5.41) is 33.6. The summed E-state index contributed by atoms with van der Waals surface area (Å²) in [5.41, 5.74) is -2.07. The Hall–Kier alpha value is -2.76. The Morgan fingerprint density at radius 2 is 1.21 bits per heavy atom. The van der Waals surface area contributed by atoms with Gasteiger partial charge in [0.05, 0.1) is 25.9 Å². The number of amides is 2. The molecule has 29 heavy (non-hydrogen) atoms. The van der Waals surface area contributed by atoms with Gasteiger partial charge < -0.3 is 35.4 Å². The van der Waals surface area contributed by atoms with Crippen molar-refractivity contribution in [2.45, 2.75) is 38.6 Å². The van der Waals surface area contributed by atoms with Gasteiger partial charge in [-0.05, 0) is 13.8 Å². The maximum atomic E-state index is 11.9. The summed E-state index contributed by atoms with van der Waals surface area (Å²) < 4.78 is 9.53. The molecule has 0 fully saturated rings. The molecule has 5 N–H and O–H groups in total. The van der Waals surface area contributed by atoms with Gasteiger partial charge >= 0.3 is 11.9 Å². The number of aliphatic hydroxyl groups is 3. The number of nitrogens with one attached hydrogen (secondary N) is 2. The minimum atomic E-state index is -2.45. The average Bonchev–Trinajstić information content (AvgIpc) is 2.61. The van der Waals surface area contributed by atoms with Gasteiger partial charge in [0.25, 0.3) is 0 Å². The van der Waals surface area contributed by atoms with Crippen LogP contribution in [0.15, 0.2) is 24.3 Å². The van der Waals surface area contributed by atoms with E-state index in [1.54, 1.807) is 0 Å². The largest absolute Gasteiger partial charge is 0.460 e. The van der Waals surface area contributed by atoms with E-state index in [4.69, 9.17) is 9.47 Å². The van der Waals surface area contributed by atoms with Crippen LogP contribution in [-0.2, 0) is 28.7 Å². The van der Waals surface area contributed by atoms with E-state index in [-0.39, 0.29) is 37.4 Å². The van der Waals surface area contributed by atoms with E-state index in [0.29, 0.717) is 0 Å². The number of ether oxygens (including phenoxy) is 2. The first kappa shape index (κ1) is 26.2. The molecule has 0 bridgehead atoms. The fourth-order valence-corrected chi connectivity index (χ4v) is 1.84. The van der Waals surface area contributed by atoms with Crippen LogP contribution in [0.1, 0.15) is 26.7 Å². The van der Waals surface area contributed by atoms with Crippen molar-refractivity contribution in [1.82, 2.24) is 10.6 Å². The summed E-state index contributed by atoms with van der Waals surface area (Å²) >= 11 is 0. The average molecular weight is 416 g/mol. The number of carbonyl (C=O) groups is 4. The van der Waals surface area contributed by atoms with Gasteiger partial charge in [0.15, 0.2) is 6.29 Å². The molecular formula is C18H28N2O9. The second kappa shape index (κ2) is 12.6. The molecule has 0 aromatic carbocycles. The van der Waals surface area contributed by atoms with Crippen molar-refractivity contribution in [3.05, 3.63) is 24.3 Å². The van der Waals surface area contributed by atoms with Crippen molar-refractivity contribution in [2.24, 2.45) is 0 Å². The number of hydrogen-bond acceptors (Lipinski definition) is 9. The Kier molecular flexibility index (Phi) is 11.4. The van der Waals surface area contributed by atoms with Gasteiger partial charge in [-0.2, -0.15) is 0 Å². The molecule has 0 aliphatic heterocycles. The number of aliphatic hydroxyl groups excluding tert-OH is 1. The third-order valence-electron chi connectivity index (χ3n) is 3.43. The van der Waals surface area contributed by atoms with E-state index in [9.17, 15) is 34.5 Å². The Labute approximate surface area is 168 Å². The molecule has 164 valence electrons. The number of carbonyl (C=O) groups excluding carboxylic acids is 4. The molecule has 11 heteroatoms. The molecule has 0 radical (unpaired) electrons. The third-order valence-corrected chi connectivity index (χ3v) is 3.43. The molecule has 0 aliphatic rings. The SMILES string of the molecule is C=C(C)C(=O)OCCNC(=O)CC(O)(CC(=O)NCCOC(=O)C(=C)C)C(O)O. The molecular weight excluding hydrogens is 388 g/mol. The second-order valence-corrected chi connectivity index (χ2v) is 6.36. The minimum Gasteiger partial charge on any atom is -0.460 e. The second-order valence-electron chi connectivity index (χ2n) is 6.36. The Balaban J connectivity index is 4.42. The van der Waals surface area contributed by atoms with Crippen LogP contribution in [0.5, 0.6) is 0 Å². The Morgan fingerprint density at radius 3 is 1.48 bits per heavy atom. The van der Waals surface area contributed by atoms with Gasteiger partial charge in [0.1, 0.15) is 18.8 Å². The fraction of sp³-hybridized carbons (Fsp3) is 0.556. The van der Waals surface area contributed by atoms with Crippen molar-refractivity contribution in [1.29, 1.82) is 0 Å². The molecule has 0 atom stereocenters. The van der Waals surface area contributed by atoms with E-state index in [0.717, 1.165) is 0 Å². The molecule has 0 aliphatic carbocycles. The third kappa shape index (κ3) is 11.0. The van der Waals surface area contributed by atoms with Crippen LogP contribution in [0.4, 0.5) is 0 Å². The van der Waals surface area contributed by atoms with Crippen molar-refractivity contribution in [2.75, 3.05) is 26.3 Å². The van der Waals surface area contributed by atoms with Crippen LogP contribution >= 0.6 is 0 Å². The highest BCUT2D eigenvalue weighted by Crippen LogP contribution is 2.19. The summed E-state index contributed by atoms with van der Waals surface area (Å²) in [6, 6.07) is 0. The molecule has 2 amide bonds. The zero-order valence-electron chi connectivity index (χ0n) is 16.5. The van der Waals surface area contributed by atoms with Gasteiger partial charge in [-0.3, -0.25) is 9.59 Å². The van der Waals surface area contributed by atoms with Gasteiger partial charge in [0.2, 0.25) is 11.8 Å². The monoisotopic (exact) mass is 416 g/mol. The molecule has 0 aromatic heterocycles. The molecule has 0 heterocycles. The van der Waals surface area contributed by atoms with Crippen molar-refractivity contribution >= 4 is 23.8 Å². The predicted molar refractivity (Wildman–Crippen MR) is 100.0 cm³/mol. The van der Waals surface area contributed by atoms with Crippen LogP contribution in [0.2, 0.25) is 0 Å². The van der Waals surface area contributed by atoms with E-state index in [1.807, 2.05) is 0 Å². The van der Waals surface area contributed by atoms with E-state index >= 15 is 0 Å². The zero-order valence-corrected chi connectivity index (χ0v) is 16.5. The van der Waals surface area contributed by atoms with Crippen LogP contribution in [0.3, 0.4) is 0 Å². The molecule has 11 nitrogen and oxygen atoms in total. The maximum Gasteiger partial charge on any atom is 0.333 e. The van der Waals surface area contributed by atoms with Crippen molar-refractivity contribution < 1.29 is 44.0 Å². The van der Waals surface area contributed by atoms with E-state index < -0.39 is 48.5 Å². The lowest BCUT2D eigenvalue weighted by atomic mass is 9.93. The standard InChI is InChI=1S/C18H28N2O9/c1-11(2)15(23)28-7-5-19-13(21)9-18(27,17(25)26)10-14(22)20-6-8-29-16(24)12(3)4/h17,25-27H,1,3,5-10H2,2,4H3,(H,19,21)(H,20,22). The normalized spacial score (nSPS) is 10.8. The summed E-state index contributed by atoms with van der Waals surface area (Å²) in [6.45, 7) is 9.22. The lowest BCUT2D eigenvalue weighted by molar-refractivity contribution is -0.193. The number of rotatable bonds is 13. The van der Waals surface area contributed by atoms with Gasteiger partial charge in [-0.1, -0.05) is 13.2 Å². The summed E-state index contributed by atoms with van der Waals surface area (Å²) in [7, 11) is 0. The lowest BCUT2D eigenvalue weighted by Gasteiger charge is -2.28. The van der Waals surface area contributed by atoms with E-state index in [2.05, 4.69) is 23.8 Å². The maximum absolute atomic E-state index is 11.9. The van der Waals surface area contributed by atoms with Gasteiger partial charge in [-0.15, -0.1) is 0 Å². The fourth-order valence-electron chi connectivity index (χ4n) is 1.84. The van der Waals surface area contributed by atoms with E-state index in [1.165, 1.54) is 13.8 Å². The highest BCUT2D eigenvalue weighted by molar-refractivity contribution is 5.87. The molecule has 0 saturated heterocycles. The number of hydrogen-bond donors (Lipinski definition) is 5. The summed E-state index contributed by atoms with van der Waals surface area (Å²) in [4.78, 5) is 46.1. The zero-order chi connectivity index (χ0) is 22.6. The predicted octanol–water partition coefficient (Wildman–Crippen LogP) is -1.72. The number of esters is 2. The summed E-state index contributed by atoms with van der Waals surface area (Å²) in [6.07, 6.45) is -3.96. The highest BCUT2D eigenvalue weighted by atomic mass is 16.5. The molecule has 0 saturated carbocycles. The molecule has 0 rings (SSSR count). The van der Waals surface area contributed by atoms with Gasteiger partial charge in [0, 0.05) is 11.1 Å². The van der Waals surface area contributed by atoms with Crippen LogP contribution in [0, 0.1) is 0 Å². The molecule has 0 unspecified atom stereocenters. The first-order valence-corrected chi connectivity index (χ1v) is 8.66. The minimum absolute atomic E-state index is 0.0876. The lowest BCUT2D eigenvalue weighted by Crippen LogP contribution is -2.50. The Bertz CT molecular complexity index is 595. The van der Waals surface area contributed by atoms with Crippen LogP contribution in [0.25, 0.3) is 0 Å².